The molecule has 0 spiro atoms. The number of benzene rings is 2. The number of pyridine rings is 1. The fourth-order valence-electron chi connectivity index (χ4n) is 2.20. The number of aromatic amines is 1. The molecule has 0 aliphatic heterocycles. The number of aromatic nitrogens is 1. The summed E-state index contributed by atoms with van der Waals surface area (Å²) in [5, 5.41) is 0.413. The van der Waals surface area contributed by atoms with E-state index in [0.717, 1.165) is 17.2 Å². The van der Waals surface area contributed by atoms with E-state index in [2.05, 4.69) is 4.98 Å². The van der Waals surface area contributed by atoms with Crippen molar-refractivity contribution < 1.29 is 8.78 Å². The minimum absolute atomic E-state index is 0.352. The second-order valence-electron chi connectivity index (χ2n) is 4.52. The lowest BCUT2D eigenvalue weighted by Crippen LogP contribution is -2.05. The zero-order valence-corrected chi connectivity index (χ0v) is 10.4. The van der Waals surface area contributed by atoms with Crippen LogP contribution in [0.5, 0.6) is 0 Å². The van der Waals surface area contributed by atoms with Crippen molar-refractivity contribution in [3.05, 3.63) is 70.5 Å². The molecule has 0 bridgehead atoms. The molecular weight excluding hydrogens is 260 g/mol. The fourth-order valence-corrected chi connectivity index (χ4v) is 2.20. The molecule has 100 valence electrons. The Morgan fingerprint density at radius 1 is 0.900 bits per heavy atom. The van der Waals surface area contributed by atoms with Gasteiger partial charge in [-0.15, -0.1) is 0 Å². The van der Waals surface area contributed by atoms with Gasteiger partial charge in [0, 0.05) is 17.0 Å². The predicted molar refractivity (Wildman–Crippen MR) is 75.0 cm³/mol. The number of alkyl halides is 2. The maximum atomic E-state index is 12.6. The van der Waals surface area contributed by atoms with E-state index in [1.54, 1.807) is 12.1 Å². The fraction of sp³-hybridized carbons (Fsp3) is 0.0625. The second-order valence-corrected chi connectivity index (χ2v) is 4.52. The zero-order chi connectivity index (χ0) is 14.1. The Hall–Kier alpha value is -2.49. The second kappa shape index (κ2) is 4.89. The van der Waals surface area contributed by atoms with E-state index >= 15 is 0 Å². The van der Waals surface area contributed by atoms with Gasteiger partial charge < -0.3 is 4.98 Å². The first-order chi connectivity index (χ1) is 9.65. The van der Waals surface area contributed by atoms with Gasteiger partial charge >= 0.3 is 0 Å². The van der Waals surface area contributed by atoms with Gasteiger partial charge in [0.25, 0.3) is 6.43 Å². The number of H-pyrrole nitrogens is 1. The van der Waals surface area contributed by atoms with E-state index in [-0.39, 0.29) is 5.69 Å². The molecule has 20 heavy (non-hydrogen) atoms. The van der Waals surface area contributed by atoms with Crippen LogP contribution in [-0.4, -0.2) is 4.98 Å². The largest absolute Gasteiger partial charge is 0.354 e. The number of fused-ring (bicyclic) bond motifs is 1. The molecule has 1 heterocycles. The normalized spacial score (nSPS) is 11.2. The average Bonchev–Trinajstić information content (AvgIpc) is 2.47. The van der Waals surface area contributed by atoms with Crippen LogP contribution >= 0.6 is 0 Å². The molecule has 2 aromatic carbocycles. The smallest absolute Gasteiger partial charge is 0.278 e. The van der Waals surface area contributed by atoms with E-state index in [9.17, 15) is 13.6 Å². The molecule has 0 amide bonds. The average molecular weight is 271 g/mol. The highest BCUT2D eigenvalue weighted by Crippen LogP contribution is 2.23. The van der Waals surface area contributed by atoms with Crippen molar-refractivity contribution >= 4 is 10.9 Å². The Balaban J connectivity index is 2.20. The molecule has 0 aliphatic carbocycles. The minimum atomic E-state index is -2.68. The lowest BCUT2D eigenvalue weighted by molar-refractivity contribution is 0.146. The highest BCUT2D eigenvalue weighted by atomic mass is 19.3. The number of hydrogen-bond donors (Lipinski definition) is 1. The van der Waals surface area contributed by atoms with Gasteiger partial charge in [-0.05, 0) is 23.3 Å². The summed E-state index contributed by atoms with van der Waals surface area (Å²) in [4.78, 5) is 14.5. The summed E-state index contributed by atoms with van der Waals surface area (Å²) >= 11 is 0. The van der Waals surface area contributed by atoms with Gasteiger partial charge in [-0.2, -0.15) is 0 Å². The summed E-state index contributed by atoms with van der Waals surface area (Å²) in [7, 11) is 0. The van der Waals surface area contributed by atoms with Gasteiger partial charge in [-0.3, -0.25) is 4.79 Å². The lowest BCUT2D eigenvalue weighted by Gasteiger charge is -2.06. The van der Waals surface area contributed by atoms with E-state index in [4.69, 9.17) is 0 Å². The SMILES string of the molecule is O=c1cc(C(F)F)[nH]c2ccc(-c3ccccc3)cc12. The third-order valence-corrected chi connectivity index (χ3v) is 3.19. The van der Waals surface area contributed by atoms with Crippen molar-refractivity contribution in [2.75, 3.05) is 0 Å². The van der Waals surface area contributed by atoms with Crippen LogP contribution in [0, 0.1) is 0 Å². The molecule has 2 nitrogen and oxygen atoms in total. The van der Waals surface area contributed by atoms with E-state index in [0.29, 0.717) is 10.9 Å². The maximum absolute atomic E-state index is 12.6. The maximum Gasteiger partial charge on any atom is 0.278 e. The summed E-state index contributed by atoms with van der Waals surface area (Å²) in [5.41, 5.74) is 1.54. The van der Waals surface area contributed by atoms with Crippen molar-refractivity contribution in [2.45, 2.75) is 6.43 Å². The van der Waals surface area contributed by atoms with Crippen LogP contribution in [0.4, 0.5) is 8.78 Å². The van der Waals surface area contributed by atoms with Crippen LogP contribution < -0.4 is 5.43 Å². The monoisotopic (exact) mass is 271 g/mol. The Morgan fingerprint density at radius 2 is 1.65 bits per heavy atom. The van der Waals surface area contributed by atoms with Gasteiger partial charge in [0.15, 0.2) is 5.43 Å². The Labute approximate surface area is 113 Å². The number of halogens is 2. The minimum Gasteiger partial charge on any atom is -0.354 e. The highest BCUT2D eigenvalue weighted by Gasteiger charge is 2.11. The molecule has 0 saturated carbocycles. The number of nitrogens with one attached hydrogen (secondary N) is 1. The quantitative estimate of drug-likeness (QED) is 0.746. The zero-order valence-electron chi connectivity index (χ0n) is 10.4. The molecule has 3 aromatic rings. The molecule has 0 radical (unpaired) electrons. The van der Waals surface area contributed by atoms with Crippen molar-refractivity contribution in [3.8, 4) is 11.1 Å². The van der Waals surface area contributed by atoms with Crippen LogP contribution in [0.2, 0.25) is 0 Å². The molecule has 0 atom stereocenters. The van der Waals surface area contributed by atoms with Crippen LogP contribution in [0.15, 0.2) is 59.4 Å². The van der Waals surface area contributed by atoms with Gasteiger partial charge in [-0.1, -0.05) is 36.4 Å². The summed E-state index contributed by atoms with van der Waals surface area (Å²) in [6, 6.07) is 15.7. The number of hydrogen-bond acceptors (Lipinski definition) is 1. The van der Waals surface area contributed by atoms with Crippen molar-refractivity contribution in [3.63, 3.8) is 0 Å². The first kappa shape index (κ1) is 12.5. The third-order valence-electron chi connectivity index (χ3n) is 3.19. The van der Waals surface area contributed by atoms with Gasteiger partial charge in [0.05, 0.1) is 5.69 Å². The molecule has 0 saturated heterocycles. The highest BCUT2D eigenvalue weighted by molar-refractivity contribution is 5.84. The standard InChI is InChI=1S/C16H11F2NO/c17-16(18)14-9-15(20)12-8-11(6-7-13(12)19-14)10-4-2-1-3-5-10/h1-9,16H,(H,19,20). The Bertz CT molecular complexity index is 810. The molecule has 3 rings (SSSR count). The molecule has 0 fully saturated rings. The molecule has 0 unspecified atom stereocenters. The summed E-state index contributed by atoms with van der Waals surface area (Å²) in [5.74, 6) is 0. The molecule has 0 aliphatic rings. The third kappa shape index (κ3) is 2.20. The summed E-state index contributed by atoms with van der Waals surface area (Å²) in [6.07, 6.45) is -2.68. The van der Waals surface area contributed by atoms with Crippen LogP contribution in [-0.2, 0) is 0 Å². The Kier molecular flexibility index (Phi) is 3.06. The van der Waals surface area contributed by atoms with Crippen LogP contribution in [0.3, 0.4) is 0 Å². The van der Waals surface area contributed by atoms with Gasteiger partial charge in [-0.25, -0.2) is 8.78 Å². The van der Waals surface area contributed by atoms with Crippen LogP contribution in [0.25, 0.3) is 22.0 Å². The van der Waals surface area contributed by atoms with Crippen molar-refractivity contribution in [2.24, 2.45) is 0 Å². The Morgan fingerprint density at radius 3 is 2.35 bits per heavy atom. The first-order valence-electron chi connectivity index (χ1n) is 6.16. The number of rotatable bonds is 2. The molecule has 1 N–H and O–H groups in total. The van der Waals surface area contributed by atoms with E-state index in [1.807, 2.05) is 36.4 Å². The van der Waals surface area contributed by atoms with Gasteiger partial charge in [0.2, 0.25) is 0 Å². The lowest BCUT2D eigenvalue weighted by atomic mass is 10.0. The summed E-state index contributed by atoms with van der Waals surface area (Å²) < 4.78 is 25.3. The van der Waals surface area contributed by atoms with Crippen molar-refractivity contribution in [1.29, 1.82) is 0 Å². The first-order valence-corrected chi connectivity index (χ1v) is 6.16. The summed E-state index contributed by atoms with van der Waals surface area (Å²) in [6.45, 7) is 0. The molecule has 4 heteroatoms. The molecule has 1 aromatic heterocycles. The predicted octanol–water partition coefficient (Wildman–Crippen LogP) is 4.13. The van der Waals surface area contributed by atoms with Crippen LogP contribution in [0.1, 0.15) is 12.1 Å². The van der Waals surface area contributed by atoms with E-state index in [1.165, 1.54) is 0 Å². The molecular formula is C16H11F2NO. The van der Waals surface area contributed by atoms with Gasteiger partial charge in [0.1, 0.15) is 0 Å². The topological polar surface area (TPSA) is 32.9 Å². The van der Waals surface area contributed by atoms with E-state index < -0.39 is 11.9 Å². The van der Waals surface area contributed by atoms with Crippen molar-refractivity contribution in [1.82, 2.24) is 4.98 Å².